The van der Waals surface area contributed by atoms with Gasteiger partial charge in [-0.1, -0.05) is 176 Å². The number of thiophene rings is 1. The van der Waals surface area contributed by atoms with Gasteiger partial charge in [0.2, 0.25) is 0 Å². The molecule has 0 fully saturated rings. The Bertz CT molecular complexity index is 3760. The van der Waals surface area contributed by atoms with Crippen molar-refractivity contribution in [3.8, 4) is 62.1 Å². The summed E-state index contributed by atoms with van der Waals surface area (Å²) in [6.45, 7) is 0. The van der Waals surface area contributed by atoms with E-state index in [1.54, 1.807) is 11.3 Å². The molecule has 0 unspecified atom stereocenters. The molecule has 4 nitrogen and oxygen atoms in total. The van der Waals surface area contributed by atoms with E-state index in [0.29, 0.717) is 23.0 Å². The van der Waals surface area contributed by atoms with Crippen molar-refractivity contribution in [2.24, 2.45) is 0 Å². The molecule has 3 heterocycles. The highest BCUT2D eigenvalue weighted by atomic mass is 32.1. The van der Waals surface area contributed by atoms with Crippen molar-refractivity contribution in [3.63, 3.8) is 0 Å². The highest BCUT2D eigenvalue weighted by molar-refractivity contribution is 7.27. The summed E-state index contributed by atoms with van der Waals surface area (Å²) >= 11 is 1.58. The van der Waals surface area contributed by atoms with Crippen LogP contribution in [0.2, 0.25) is 0 Å². The van der Waals surface area contributed by atoms with E-state index in [1.807, 2.05) is 78.9 Å². The molecule has 0 bridgehead atoms. The second-order valence-electron chi connectivity index (χ2n) is 14.8. The topological polar surface area (TPSA) is 43.6 Å². The van der Waals surface area contributed by atoms with Crippen molar-refractivity contribution in [2.75, 3.05) is 0 Å². The van der Waals surface area contributed by atoms with Crippen LogP contribution < -0.4 is 0 Å². The van der Waals surface area contributed by atoms with Gasteiger partial charge in [-0.15, -0.1) is 11.3 Å². The molecule has 0 aliphatic rings. The molecule has 0 aliphatic carbocycles. The third kappa shape index (κ3) is 5.55. The molecule has 0 saturated heterocycles. The largest absolute Gasteiger partial charge is 0.309 e. The summed E-state index contributed by atoms with van der Waals surface area (Å²) < 4.78 is 47.5. The fourth-order valence-electron chi connectivity index (χ4n) is 8.65. The van der Waals surface area contributed by atoms with Gasteiger partial charge in [0.05, 0.1) is 17.9 Å². The summed E-state index contributed by atoms with van der Waals surface area (Å²) in [5.74, 6) is 1.74. The molecule has 12 rings (SSSR count). The third-order valence-electron chi connectivity index (χ3n) is 11.3. The molecular formula is C55H34N4S. The Labute approximate surface area is 357 Å². The Hall–Kier alpha value is -7.73. The Kier molecular flexibility index (Phi) is 6.87. The van der Waals surface area contributed by atoms with Crippen LogP contribution in [-0.4, -0.2) is 19.5 Å². The number of fused-ring (bicyclic) bond motifs is 7. The van der Waals surface area contributed by atoms with Crippen molar-refractivity contribution >= 4 is 64.1 Å². The van der Waals surface area contributed by atoms with Crippen molar-refractivity contribution in [2.45, 2.75) is 0 Å². The number of rotatable bonds is 6. The lowest BCUT2D eigenvalue weighted by molar-refractivity contribution is 1.08. The number of hydrogen-bond acceptors (Lipinski definition) is 4. The van der Waals surface area contributed by atoms with Crippen LogP contribution >= 0.6 is 11.3 Å². The van der Waals surface area contributed by atoms with Gasteiger partial charge in [-0.3, -0.25) is 0 Å². The van der Waals surface area contributed by atoms with Gasteiger partial charge in [-0.25, -0.2) is 15.0 Å². The predicted molar refractivity (Wildman–Crippen MR) is 252 cm³/mol. The first kappa shape index (κ1) is 29.5. The minimum absolute atomic E-state index is 0.189. The summed E-state index contributed by atoms with van der Waals surface area (Å²) in [7, 11) is 0. The molecule has 0 saturated carbocycles. The number of hydrogen-bond donors (Lipinski definition) is 0. The standard InChI is InChI=1S/C55H34N4S/c1-4-17-35(18-5-1)39-27-16-28-45-48-34-38(59-49-29-14-12-25-43(49)44-26-13-15-30-50(44)59)33-47(52(48)60-51(39)45)42-31-32-46(41-24-11-10-23-40(41)42)55-57-53(36-19-6-2-7-20-36)56-54(58-55)37-21-8-3-9-22-37/h1-34H/i1D,4D,5D,17D,18D. The lowest BCUT2D eigenvalue weighted by atomic mass is 9.93. The molecule has 0 spiro atoms. The van der Waals surface area contributed by atoms with E-state index in [4.69, 9.17) is 21.8 Å². The Morgan fingerprint density at radius 1 is 0.367 bits per heavy atom. The minimum Gasteiger partial charge on any atom is -0.309 e. The molecule has 0 N–H and O–H groups in total. The highest BCUT2D eigenvalue weighted by Crippen LogP contribution is 2.47. The average Bonchev–Trinajstić information content (AvgIpc) is 3.91. The summed E-state index contributed by atoms with van der Waals surface area (Å²) in [4.78, 5) is 15.2. The van der Waals surface area contributed by atoms with E-state index in [9.17, 15) is 0 Å². The summed E-state index contributed by atoms with van der Waals surface area (Å²) in [5, 5.41) is 6.23. The summed E-state index contributed by atoms with van der Waals surface area (Å²) in [6.07, 6.45) is 0. The summed E-state index contributed by atoms with van der Waals surface area (Å²) in [6, 6.07) is 58.4. The third-order valence-corrected chi connectivity index (χ3v) is 12.6. The van der Waals surface area contributed by atoms with Crippen LogP contribution in [0.15, 0.2) is 206 Å². The highest BCUT2D eigenvalue weighted by Gasteiger charge is 2.21. The van der Waals surface area contributed by atoms with Gasteiger partial charge in [0, 0.05) is 58.9 Å². The zero-order valence-electron chi connectivity index (χ0n) is 36.9. The second-order valence-corrected chi connectivity index (χ2v) is 15.8. The van der Waals surface area contributed by atoms with E-state index in [2.05, 4.69) is 102 Å². The SMILES string of the molecule is [2H]c1c([2H])c([2H])c(-c2cccc3c2sc2c(-c4ccc(-c5nc(-c6ccccc6)nc(-c6ccccc6)n5)c5ccccc45)cc(-n4c5ccccc5c5ccccc54)cc23)c([2H])c1[2H]. The van der Waals surface area contributed by atoms with E-state index >= 15 is 0 Å². The van der Waals surface area contributed by atoms with Crippen LogP contribution in [0.25, 0.3) is 115 Å². The molecule has 0 radical (unpaired) electrons. The maximum Gasteiger partial charge on any atom is 0.164 e. The van der Waals surface area contributed by atoms with Gasteiger partial charge in [-0.05, 0) is 57.8 Å². The van der Waals surface area contributed by atoms with E-state index < -0.39 is 6.04 Å². The van der Waals surface area contributed by atoms with Crippen LogP contribution in [0.1, 0.15) is 6.85 Å². The first-order chi connectivity index (χ1) is 31.8. The number of benzene rings is 9. The predicted octanol–water partition coefficient (Wildman–Crippen LogP) is 14.8. The van der Waals surface area contributed by atoms with Gasteiger partial charge in [0.1, 0.15) is 0 Å². The van der Waals surface area contributed by atoms with Gasteiger partial charge < -0.3 is 4.57 Å². The van der Waals surface area contributed by atoms with E-state index in [1.165, 1.54) is 0 Å². The van der Waals surface area contributed by atoms with E-state index in [-0.39, 0.29) is 29.7 Å². The lowest BCUT2D eigenvalue weighted by Gasteiger charge is -2.16. The zero-order valence-corrected chi connectivity index (χ0v) is 32.8. The molecule has 0 aliphatic heterocycles. The zero-order chi connectivity index (χ0) is 43.9. The Morgan fingerprint density at radius 2 is 0.883 bits per heavy atom. The number of para-hydroxylation sites is 2. The molecule has 9 aromatic carbocycles. The fourth-order valence-corrected chi connectivity index (χ4v) is 9.98. The first-order valence-electron chi connectivity index (χ1n) is 22.3. The van der Waals surface area contributed by atoms with E-state index in [0.717, 1.165) is 86.3 Å². The lowest BCUT2D eigenvalue weighted by Crippen LogP contribution is -2.00. The Morgan fingerprint density at radius 3 is 1.53 bits per heavy atom. The van der Waals surface area contributed by atoms with Gasteiger partial charge in [0.25, 0.3) is 0 Å². The second kappa shape index (κ2) is 14.0. The van der Waals surface area contributed by atoms with Gasteiger partial charge in [0.15, 0.2) is 17.5 Å². The van der Waals surface area contributed by atoms with Crippen LogP contribution in [0, 0.1) is 0 Å². The molecule has 60 heavy (non-hydrogen) atoms. The number of aromatic nitrogens is 4. The smallest absolute Gasteiger partial charge is 0.164 e. The van der Waals surface area contributed by atoms with Crippen LogP contribution in [0.3, 0.4) is 0 Å². The molecule has 280 valence electrons. The monoisotopic (exact) mass is 787 g/mol. The molecule has 0 atom stereocenters. The normalized spacial score (nSPS) is 12.8. The molecule has 5 heteroatoms. The quantitative estimate of drug-likeness (QED) is 0.169. The fraction of sp³-hybridized carbons (Fsp3) is 0. The number of nitrogens with zero attached hydrogens (tertiary/aromatic N) is 4. The van der Waals surface area contributed by atoms with Crippen molar-refractivity contribution < 1.29 is 6.85 Å². The van der Waals surface area contributed by atoms with Crippen LogP contribution in [0.5, 0.6) is 0 Å². The first-order valence-corrected chi connectivity index (χ1v) is 20.6. The van der Waals surface area contributed by atoms with Crippen LogP contribution in [0.4, 0.5) is 0 Å². The van der Waals surface area contributed by atoms with Crippen LogP contribution in [-0.2, 0) is 0 Å². The molecular weight excluding hydrogens is 749 g/mol. The molecule has 12 aromatic rings. The van der Waals surface area contributed by atoms with Gasteiger partial charge >= 0.3 is 0 Å². The van der Waals surface area contributed by atoms with Crippen molar-refractivity contribution in [1.29, 1.82) is 0 Å². The van der Waals surface area contributed by atoms with Crippen molar-refractivity contribution in [3.05, 3.63) is 206 Å². The van der Waals surface area contributed by atoms with Crippen molar-refractivity contribution in [1.82, 2.24) is 19.5 Å². The minimum atomic E-state index is -0.412. The molecule has 0 amide bonds. The average molecular weight is 788 g/mol. The van der Waals surface area contributed by atoms with Gasteiger partial charge in [-0.2, -0.15) is 0 Å². The Balaban J connectivity index is 1.16. The maximum atomic E-state index is 8.96. The maximum absolute atomic E-state index is 8.96. The summed E-state index contributed by atoms with van der Waals surface area (Å²) in [5.41, 5.74) is 8.59. The molecule has 3 aromatic heterocycles.